The molecule has 0 saturated carbocycles. The van der Waals surface area contributed by atoms with E-state index in [2.05, 4.69) is 149 Å². The quantitative estimate of drug-likeness (QED) is 0.128. The molecule has 3 heterocycles. The number of aryl methyl sites for hydroxylation is 1. The number of para-hydroxylation sites is 1. The molecule has 7 rings (SSSR count). The number of nitrogens with one attached hydrogen (secondary N) is 1. The molecule has 1 aliphatic rings. The normalized spacial score (nSPS) is 12.8. The monoisotopic (exact) mass is 714 g/mol. The second-order valence-corrected chi connectivity index (χ2v) is 16.6. The number of benzene rings is 4. The number of allylic oxidation sites excluding steroid dienone is 2. The molecule has 0 unspecified atom stereocenters. The summed E-state index contributed by atoms with van der Waals surface area (Å²) in [4.78, 5) is 12.7. The van der Waals surface area contributed by atoms with E-state index in [1.54, 1.807) is 11.3 Å². The maximum Gasteiger partial charge on any atom is 0.188 e. The van der Waals surface area contributed by atoms with Crippen LogP contribution in [0.4, 0.5) is 10.9 Å². The molecular weight excluding hydrogens is 665 g/mol. The number of aromatic nitrogens is 2. The van der Waals surface area contributed by atoms with Gasteiger partial charge in [-0.05, 0) is 113 Å². The molecule has 1 aliphatic heterocycles. The van der Waals surface area contributed by atoms with E-state index in [0.717, 1.165) is 94.5 Å². The van der Waals surface area contributed by atoms with Gasteiger partial charge in [-0.25, -0.2) is 9.97 Å². The van der Waals surface area contributed by atoms with Crippen LogP contribution in [0, 0.1) is 12.3 Å². The first-order valence-electron chi connectivity index (χ1n) is 18.7. The first kappa shape index (κ1) is 36.1. The Labute approximate surface area is 319 Å². The van der Waals surface area contributed by atoms with E-state index in [0.29, 0.717) is 0 Å². The van der Waals surface area contributed by atoms with Crippen molar-refractivity contribution < 1.29 is 0 Å². The number of nitrogens with zero attached hydrogens (tertiary/aromatic N) is 3. The van der Waals surface area contributed by atoms with E-state index >= 15 is 0 Å². The summed E-state index contributed by atoms with van der Waals surface area (Å²) in [5.74, 6) is 0.981. The van der Waals surface area contributed by atoms with Crippen molar-refractivity contribution in [2.24, 2.45) is 5.41 Å². The van der Waals surface area contributed by atoms with Gasteiger partial charge < -0.3 is 10.2 Å². The molecule has 53 heavy (non-hydrogen) atoms. The van der Waals surface area contributed by atoms with Gasteiger partial charge in [0.15, 0.2) is 5.13 Å². The van der Waals surface area contributed by atoms with Crippen molar-refractivity contribution >= 4 is 43.8 Å². The molecule has 4 aromatic carbocycles. The van der Waals surface area contributed by atoms with Gasteiger partial charge in [0, 0.05) is 29.9 Å². The minimum absolute atomic E-state index is 0.0797. The fraction of sp³-hybridized carbons (Fsp3) is 0.250. The lowest BCUT2D eigenvalue weighted by molar-refractivity contribution is 0.427. The third-order valence-corrected chi connectivity index (χ3v) is 11.2. The Morgan fingerprint density at radius 3 is 2.42 bits per heavy atom. The highest BCUT2D eigenvalue weighted by Gasteiger charge is 2.24. The van der Waals surface area contributed by atoms with E-state index in [-0.39, 0.29) is 5.41 Å². The Bertz CT molecular complexity index is 2270. The molecular formula is C48H50N4S. The maximum absolute atomic E-state index is 5.46. The van der Waals surface area contributed by atoms with Crippen LogP contribution < -0.4 is 10.2 Å². The standard InChI is InChI=1S/C48H50N4S/c1-8-9-14-35-21-23-36(24-22-35)29-38-16-13-17-39(33(38)3)41-25-26-45(51-46(41)32(2)30-48(5,6)7)52-28-27-37-15-12-18-40(42(37)31-52)34(4)49-47-50-43-19-10-11-20-44(43)53-47/h8,10-13,15-26H,1-2,4,9,14,27-31H2,3,5-7H3,(H,49,50). The van der Waals surface area contributed by atoms with E-state index in [1.807, 2.05) is 12.1 Å². The van der Waals surface area contributed by atoms with Crippen molar-refractivity contribution in [2.75, 3.05) is 16.8 Å². The smallest absolute Gasteiger partial charge is 0.188 e. The van der Waals surface area contributed by atoms with Crippen LogP contribution in [0.1, 0.15) is 78.3 Å². The lowest BCUT2D eigenvalue weighted by Gasteiger charge is -2.32. The van der Waals surface area contributed by atoms with Crippen LogP contribution in [0.3, 0.4) is 0 Å². The lowest BCUT2D eigenvalue weighted by atomic mass is 9.84. The Balaban J connectivity index is 1.18. The molecule has 4 nitrogen and oxygen atoms in total. The summed E-state index contributed by atoms with van der Waals surface area (Å²) in [6.45, 7) is 23.7. The number of fused-ring (bicyclic) bond motifs is 2. The zero-order chi connectivity index (χ0) is 37.1. The zero-order valence-corrected chi connectivity index (χ0v) is 32.5. The van der Waals surface area contributed by atoms with Crippen LogP contribution in [0.15, 0.2) is 123 Å². The van der Waals surface area contributed by atoms with Crippen LogP contribution >= 0.6 is 11.3 Å². The number of rotatable bonds is 12. The molecule has 0 saturated heterocycles. The molecule has 0 amide bonds. The van der Waals surface area contributed by atoms with Gasteiger partial charge in [-0.3, -0.25) is 0 Å². The van der Waals surface area contributed by atoms with Gasteiger partial charge >= 0.3 is 0 Å². The molecule has 6 aromatic rings. The molecule has 268 valence electrons. The minimum Gasteiger partial charge on any atom is -0.352 e. The van der Waals surface area contributed by atoms with Gasteiger partial charge in [-0.1, -0.05) is 124 Å². The second kappa shape index (κ2) is 15.4. The second-order valence-electron chi connectivity index (χ2n) is 15.5. The fourth-order valence-corrected chi connectivity index (χ4v) is 8.39. The third-order valence-electron chi connectivity index (χ3n) is 10.2. The van der Waals surface area contributed by atoms with Crippen LogP contribution in [0.25, 0.3) is 32.6 Å². The summed E-state index contributed by atoms with van der Waals surface area (Å²) in [7, 11) is 0. The Kier molecular flexibility index (Phi) is 10.5. The van der Waals surface area contributed by atoms with Crippen molar-refractivity contribution in [1.82, 2.24) is 9.97 Å². The summed E-state index contributed by atoms with van der Waals surface area (Å²) < 4.78 is 1.16. The predicted molar refractivity (Wildman–Crippen MR) is 229 cm³/mol. The summed E-state index contributed by atoms with van der Waals surface area (Å²) in [6.07, 6.45) is 6.71. The number of hydrogen-bond acceptors (Lipinski definition) is 5. The van der Waals surface area contributed by atoms with Gasteiger partial charge in [-0.15, -0.1) is 6.58 Å². The highest BCUT2D eigenvalue weighted by atomic mass is 32.1. The van der Waals surface area contributed by atoms with Crippen molar-refractivity contribution in [2.45, 2.75) is 66.3 Å². The molecule has 0 aliphatic carbocycles. The Morgan fingerprint density at radius 1 is 0.868 bits per heavy atom. The number of hydrogen-bond donors (Lipinski definition) is 1. The van der Waals surface area contributed by atoms with E-state index in [9.17, 15) is 0 Å². The van der Waals surface area contributed by atoms with Gasteiger partial charge in [-0.2, -0.15) is 0 Å². The summed E-state index contributed by atoms with van der Waals surface area (Å²) in [6, 6.07) is 35.0. The highest BCUT2D eigenvalue weighted by molar-refractivity contribution is 7.22. The largest absolute Gasteiger partial charge is 0.352 e. The fourth-order valence-electron chi connectivity index (χ4n) is 7.50. The summed E-state index contributed by atoms with van der Waals surface area (Å²) >= 11 is 1.65. The van der Waals surface area contributed by atoms with Crippen LogP contribution in [0.2, 0.25) is 0 Å². The highest BCUT2D eigenvalue weighted by Crippen LogP contribution is 2.39. The maximum atomic E-state index is 5.46. The number of pyridine rings is 1. The lowest BCUT2D eigenvalue weighted by Crippen LogP contribution is -2.32. The van der Waals surface area contributed by atoms with E-state index in [1.165, 1.54) is 38.9 Å². The van der Waals surface area contributed by atoms with Crippen molar-refractivity contribution in [3.63, 3.8) is 0 Å². The molecule has 0 spiro atoms. The Hall–Kier alpha value is -5.26. The summed E-state index contributed by atoms with van der Waals surface area (Å²) in [5, 5.41) is 4.38. The van der Waals surface area contributed by atoms with Gasteiger partial charge in [0.25, 0.3) is 0 Å². The van der Waals surface area contributed by atoms with Gasteiger partial charge in [0.2, 0.25) is 0 Å². The van der Waals surface area contributed by atoms with Crippen LogP contribution in [-0.4, -0.2) is 16.5 Å². The van der Waals surface area contributed by atoms with E-state index < -0.39 is 0 Å². The number of thiazole rings is 1. The number of anilines is 2. The van der Waals surface area contributed by atoms with Crippen molar-refractivity contribution in [1.29, 1.82) is 0 Å². The molecule has 1 N–H and O–H groups in total. The zero-order valence-electron chi connectivity index (χ0n) is 31.6. The van der Waals surface area contributed by atoms with Crippen LogP contribution in [0.5, 0.6) is 0 Å². The first-order valence-corrected chi connectivity index (χ1v) is 19.5. The first-order chi connectivity index (χ1) is 25.6. The molecule has 0 radical (unpaired) electrons. The molecule has 5 heteroatoms. The predicted octanol–water partition coefficient (Wildman–Crippen LogP) is 12.5. The van der Waals surface area contributed by atoms with Crippen molar-refractivity contribution in [3.8, 4) is 11.1 Å². The Morgan fingerprint density at radius 2 is 1.64 bits per heavy atom. The third kappa shape index (κ3) is 8.21. The van der Waals surface area contributed by atoms with Gasteiger partial charge in [0.1, 0.15) is 5.82 Å². The molecule has 0 bridgehead atoms. The molecule has 0 fully saturated rings. The average Bonchev–Trinajstić information content (AvgIpc) is 3.56. The topological polar surface area (TPSA) is 41.0 Å². The van der Waals surface area contributed by atoms with E-state index in [4.69, 9.17) is 9.97 Å². The molecule has 2 aromatic heterocycles. The molecule has 0 atom stereocenters. The summed E-state index contributed by atoms with van der Waals surface area (Å²) in [5.41, 5.74) is 15.4. The van der Waals surface area contributed by atoms with Gasteiger partial charge in [0.05, 0.1) is 15.9 Å². The minimum atomic E-state index is 0.0797. The van der Waals surface area contributed by atoms with Crippen LogP contribution in [-0.2, 0) is 25.8 Å². The van der Waals surface area contributed by atoms with Crippen molar-refractivity contribution in [3.05, 3.63) is 168 Å². The SMILES string of the molecule is C=CCCc1ccc(Cc2cccc(-c3ccc(N4CCc5cccc(C(=C)Nc6nc7ccccc7s6)c5C4)nc3C(=C)CC(C)(C)C)c2C)cc1. The average molecular weight is 715 g/mol.